The van der Waals surface area contributed by atoms with Gasteiger partial charge in [-0.15, -0.1) is 0 Å². The molecule has 0 spiro atoms. The third-order valence-corrected chi connectivity index (χ3v) is 3.45. The van der Waals surface area contributed by atoms with Crippen LogP contribution in [0.25, 0.3) is 0 Å². The van der Waals surface area contributed by atoms with Crippen LogP contribution in [0.15, 0.2) is 0 Å². The number of ether oxygens (including phenoxy) is 1. The second-order valence-electron chi connectivity index (χ2n) is 5.06. The summed E-state index contributed by atoms with van der Waals surface area (Å²) in [6.45, 7) is 4.14. The quantitative estimate of drug-likeness (QED) is 0.728. The summed E-state index contributed by atoms with van der Waals surface area (Å²) in [7, 11) is 0. The van der Waals surface area contributed by atoms with Crippen LogP contribution in [0.1, 0.15) is 26.7 Å². The van der Waals surface area contributed by atoms with Gasteiger partial charge in [0.15, 0.2) is 0 Å². The summed E-state index contributed by atoms with van der Waals surface area (Å²) >= 11 is 0. The maximum absolute atomic E-state index is 12.6. The van der Waals surface area contributed by atoms with Crippen LogP contribution < -0.4 is 5.32 Å². The molecule has 2 atom stereocenters. The van der Waals surface area contributed by atoms with Crippen molar-refractivity contribution in [3.63, 3.8) is 0 Å². The number of nitrogens with one attached hydrogen (secondary N) is 1. The maximum Gasteiger partial charge on any atom is 0.406 e. The molecule has 1 aliphatic heterocycles. The molecule has 7 heteroatoms. The molecule has 0 bridgehead atoms. The Morgan fingerprint density at radius 2 is 2.15 bits per heavy atom. The van der Waals surface area contributed by atoms with Gasteiger partial charge in [-0.25, -0.2) is 0 Å². The first-order valence-electron chi connectivity index (χ1n) is 7.01. The highest BCUT2D eigenvalue weighted by Gasteiger charge is 2.38. The minimum atomic E-state index is -4.36. The normalized spacial score (nSPS) is 23.1. The number of amides is 1. The van der Waals surface area contributed by atoms with E-state index in [1.165, 1.54) is 0 Å². The van der Waals surface area contributed by atoms with Crippen molar-refractivity contribution in [2.75, 3.05) is 32.8 Å². The number of hydrogen-bond acceptors (Lipinski definition) is 3. The Labute approximate surface area is 117 Å². The van der Waals surface area contributed by atoms with Crippen LogP contribution in [-0.4, -0.2) is 55.9 Å². The Bertz CT molecular complexity index is 310. The number of alkyl halides is 3. The van der Waals surface area contributed by atoms with Gasteiger partial charge in [-0.05, 0) is 33.2 Å². The van der Waals surface area contributed by atoms with Crippen LogP contribution in [0.5, 0.6) is 0 Å². The molecule has 1 amide bonds. The third kappa shape index (κ3) is 5.66. The zero-order chi connectivity index (χ0) is 15.2. The van der Waals surface area contributed by atoms with Crippen LogP contribution in [0, 0.1) is 5.92 Å². The maximum atomic E-state index is 12.6. The lowest BCUT2D eigenvalue weighted by Crippen LogP contribution is -2.45. The van der Waals surface area contributed by atoms with Crippen LogP contribution >= 0.6 is 0 Å². The standard InChI is InChI=1S/C13H23F3N2O2/c1-3-20-8-4-7-18(9-13(14,15)16)12(19)11-5-6-17-10(11)2/h10-11,17H,3-9H2,1-2H3. The monoisotopic (exact) mass is 296 g/mol. The average molecular weight is 296 g/mol. The Hall–Kier alpha value is -0.820. The highest BCUT2D eigenvalue weighted by molar-refractivity contribution is 5.80. The van der Waals surface area contributed by atoms with E-state index < -0.39 is 18.6 Å². The summed E-state index contributed by atoms with van der Waals surface area (Å²) in [6.07, 6.45) is -3.35. The topological polar surface area (TPSA) is 41.6 Å². The zero-order valence-corrected chi connectivity index (χ0v) is 12.0. The second-order valence-corrected chi connectivity index (χ2v) is 5.06. The predicted molar refractivity (Wildman–Crippen MR) is 69.3 cm³/mol. The van der Waals surface area contributed by atoms with Gasteiger partial charge in [0, 0.05) is 25.8 Å². The lowest BCUT2D eigenvalue weighted by atomic mass is 10.0. The Morgan fingerprint density at radius 3 is 2.65 bits per heavy atom. The molecule has 1 aliphatic rings. The van der Waals surface area contributed by atoms with Crippen molar-refractivity contribution in [3.05, 3.63) is 0 Å². The summed E-state index contributed by atoms with van der Waals surface area (Å²) < 4.78 is 42.9. The van der Waals surface area contributed by atoms with Crippen molar-refractivity contribution in [1.29, 1.82) is 0 Å². The van der Waals surface area contributed by atoms with Crippen molar-refractivity contribution in [2.45, 2.75) is 38.9 Å². The SMILES string of the molecule is CCOCCCN(CC(F)(F)F)C(=O)C1CCNC1C. The number of hydrogen-bond donors (Lipinski definition) is 1. The van der Waals surface area contributed by atoms with Crippen molar-refractivity contribution >= 4 is 5.91 Å². The first kappa shape index (κ1) is 17.2. The third-order valence-electron chi connectivity index (χ3n) is 3.45. The molecular weight excluding hydrogens is 273 g/mol. The van der Waals surface area contributed by atoms with Gasteiger partial charge in [0.25, 0.3) is 0 Å². The van der Waals surface area contributed by atoms with E-state index in [2.05, 4.69) is 5.32 Å². The summed E-state index contributed by atoms with van der Waals surface area (Å²) in [5.74, 6) is -0.763. The van der Waals surface area contributed by atoms with Gasteiger partial charge in [-0.3, -0.25) is 4.79 Å². The van der Waals surface area contributed by atoms with E-state index in [0.29, 0.717) is 32.6 Å². The van der Waals surface area contributed by atoms with Crippen LogP contribution in [0.3, 0.4) is 0 Å². The molecule has 0 aromatic rings. The van der Waals surface area contributed by atoms with Crippen molar-refractivity contribution in [1.82, 2.24) is 10.2 Å². The molecule has 0 radical (unpaired) electrons. The Balaban J connectivity index is 2.58. The molecule has 2 unspecified atom stereocenters. The molecule has 1 rings (SSSR count). The molecule has 118 valence electrons. The molecule has 1 fully saturated rings. The summed E-state index contributed by atoms with van der Waals surface area (Å²) in [5.41, 5.74) is 0. The first-order valence-corrected chi connectivity index (χ1v) is 7.01. The number of halogens is 3. The van der Waals surface area contributed by atoms with E-state index in [0.717, 1.165) is 4.90 Å². The molecule has 0 aliphatic carbocycles. The van der Waals surface area contributed by atoms with E-state index in [1.807, 2.05) is 13.8 Å². The molecule has 4 nitrogen and oxygen atoms in total. The summed E-state index contributed by atoms with van der Waals surface area (Å²) in [6, 6.07) is -0.0647. The van der Waals surface area contributed by atoms with Gasteiger partial charge < -0.3 is 15.0 Å². The Kier molecular flexibility index (Phi) is 6.75. The summed E-state index contributed by atoms with van der Waals surface area (Å²) in [5, 5.41) is 3.09. The van der Waals surface area contributed by atoms with E-state index in [4.69, 9.17) is 4.74 Å². The van der Waals surface area contributed by atoms with E-state index in [1.54, 1.807) is 0 Å². The predicted octanol–water partition coefficient (Wildman–Crippen LogP) is 1.80. The number of rotatable bonds is 7. The molecule has 1 N–H and O–H groups in total. The second kappa shape index (κ2) is 7.83. The van der Waals surface area contributed by atoms with Crippen molar-refractivity contribution in [2.24, 2.45) is 5.92 Å². The van der Waals surface area contributed by atoms with Crippen molar-refractivity contribution < 1.29 is 22.7 Å². The van der Waals surface area contributed by atoms with Gasteiger partial charge in [-0.1, -0.05) is 0 Å². The molecule has 0 aromatic heterocycles. The fraction of sp³-hybridized carbons (Fsp3) is 0.923. The zero-order valence-electron chi connectivity index (χ0n) is 12.0. The molecule has 20 heavy (non-hydrogen) atoms. The van der Waals surface area contributed by atoms with Crippen LogP contribution in [0.4, 0.5) is 13.2 Å². The molecular formula is C13H23F3N2O2. The van der Waals surface area contributed by atoms with Gasteiger partial charge in [0.05, 0.1) is 5.92 Å². The van der Waals surface area contributed by atoms with Gasteiger partial charge >= 0.3 is 6.18 Å². The van der Waals surface area contributed by atoms with Gasteiger partial charge in [0.2, 0.25) is 5.91 Å². The Morgan fingerprint density at radius 1 is 1.45 bits per heavy atom. The average Bonchev–Trinajstić information content (AvgIpc) is 2.77. The number of carbonyl (C=O) groups is 1. The van der Waals surface area contributed by atoms with Gasteiger partial charge in [0.1, 0.15) is 6.54 Å². The minimum Gasteiger partial charge on any atom is -0.382 e. The van der Waals surface area contributed by atoms with Crippen LogP contribution in [-0.2, 0) is 9.53 Å². The largest absolute Gasteiger partial charge is 0.406 e. The first-order chi connectivity index (χ1) is 9.35. The molecule has 1 saturated heterocycles. The van der Waals surface area contributed by atoms with Gasteiger partial charge in [-0.2, -0.15) is 13.2 Å². The number of nitrogens with zero attached hydrogens (tertiary/aromatic N) is 1. The smallest absolute Gasteiger partial charge is 0.382 e. The fourth-order valence-corrected chi connectivity index (χ4v) is 2.42. The molecule has 0 saturated carbocycles. The van der Waals surface area contributed by atoms with E-state index in [-0.39, 0.29) is 18.5 Å². The highest BCUT2D eigenvalue weighted by Crippen LogP contribution is 2.22. The molecule has 0 aromatic carbocycles. The van der Waals surface area contributed by atoms with E-state index >= 15 is 0 Å². The van der Waals surface area contributed by atoms with Crippen molar-refractivity contribution in [3.8, 4) is 0 Å². The van der Waals surface area contributed by atoms with Crippen LogP contribution in [0.2, 0.25) is 0 Å². The highest BCUT2D eigenvalue weighted by atomic mass is 19.4. The number of carbonyl (C=O) groups excluding carboxylic acids is 1. The minimum absolute atomic E-state index is 0.0647. The van der Waals surface area contributed by atoms with E-state index in [9.17, 15) is 18.0 Å². The summed E-state index contributed by atoms with van der Waals surface area (Å²) in [4.78, 5) is 13.2. The lowest BCUT2D eigenvalue weighted by Gasteiger charge is -2.28. The molecule has 1 heterocycles. The lowest BCUT2D eigenvalue weighted by molar-refractivity contribution is -0.164. The fourth-order valence-electron chi connectivity index (χ4n) is 2.42.